The Hall–Kier alpha value is -1.10. The summed E-state index contributed by atoms with van der Waals surface area (Å²) in [5, 5.41) is 6.98. The minimum absolute atomic E-state index is 0.574. The minimum Gasteiger partial charge on any atom is -0.496 e. The molecule has 0 aromatic heterocycles. The van der Waals surface area contributed by atoms with E-state index in [1.807, 2.05) is 6.07 Å². The number of hydrogen-bond donors (Lipinski definition) is 2. The van der Waals surface area contributed by atoms with E-state index in [0.29, 0.717) is 6.04 Å². The highest BCUT2D eigenvalue weighted by atomic mass is 16.5. The van der Waals surface area contributed by atoms with Gasteiger partial charge in [-0.3, -0.25) is 4.90 Å². The molecule has 2 N–H and O–H groups in total. The van der Waals surface area contributed by atoms with Crippen LogP contribution in [-0.4, -0.2) is 51.3 Å². The molecule has 1 aromatic carbocycles. The van der Waals surface area contributed by atoms with Gasteiger partial charge in [0.25, 0.3) is 0 Å². The van der Waals surface area contributed by atoms with Crippen molar-refractivity contribution in [3.63, 3.8) is 0 Å². The van der Waals surface area contributed by atoms with Gasteiger partial charge >= 0.3 is 0 Å². The summed E-state index contributed by atoms with van der Waals surface area (Å²) in [6.07, 6.45) is 0. The Bertz CT molecular complexity index is 408. The van der Waals surface area contributed by atoms with Gasteiger partial charge in [0.15, 0.2) is 0 Å². The summed E-state index contributed by atoms with van der Waals surface area (Å²) in [7, 11) is 3.92. The molecule has 1 fully saturated rings. The van der Waals surface area contributed by atoms with Gasteiger partial charge in [0.05, 0.1) is 7.11 Å². The summed E-state index contributed by atoms with van der Waals surface area (Å²) in [6, 6.07) is 6.89. The van der Waals surface area contributed by atoms with Gasteiger partial charge < -0.3 is 15.4 Å². The quantitative estimate of drug-likeness (QED) is 0.831. The monoisotopic (exact) mass is 263 g/mol. The van der Waals surface area contributed by atoms with Crippen molar-refractivity contribution >= 4 is 0 Å². The van der Waals surface area contributed by atoms with Crippen LogP contribution in [0, 0.1) is 6.92 Å². The molecule has 0 bridgehead atoms. The SMILES string of the molecule is COc1ccc(C)cc1CNCC1CNCCN1C. The van der Waals surface area contributed by atoms with Crippen molar-refractivity contribution < 1.29 is 4.74 Å². The Kier molecular flexibility index (Phi) is 5.19. The van der Waals surface area contributed by atoms with Crippen molar-refractivity contribution in [1.29, 1.82) is 0 Å². The van der Waals surface area contributed by atoms with Crippen molar-refractivity contribution in [3.8, 4) is 5.75 Å². The molecule has 4 nitrogen and oxygen atoms in total. The van der Waals surface area contributed by atoms with Gasteiger partial charge in [0, 0.05) is 44.3 Å². The third-order valence-corrected chi connectivity index (χ3v) is 3.78. The number of likely N-dealkylation sites (N-methyl/N-ethyl adjacent to an activating group) is 1. The molecule has 0 saturated carbocycles. The van der Waals surface area contributed by atoms with Gasteiger partial charge in [-0.15, -0.1) is 0 Å². The molecule has 4 heteroatoms. The summed E-state index contributed by atoms with van der Waals surface area (Å²) in [5.74, 6) is 0.966. The van der Waals surface area contributed by atoms with Crippen molar-refractivity contribution in [3.05, 3.63) is 29.3 Å². The zero-order valence-electron chi connectivity index (χ0n) is 12.2. The maximum atomic E-state index is 5.40. The zero-order valence-corrected chi connectivity index (χ0v) is 12.2. The molecule has 0 radical (unpaired) electrons. The second-order valence-electron chi connectivity index (χ2n) is 5.28. The number of nitrogens with one attached hydrogen (secondary N) is 2. The number of nitrogens with zero attached hydrogens (tertiary/aromatic N) is 1. The average molecular weight is 263 g/mol. The van der Waals surface area contributed by atoms with Crippen LogP contribution in [0.4, 0.5) is 0 Å². The molecule has 1 aliphatic rings. The Morgan fingerprint density at radius 3 is 3.05 bits per heavy atom. The molecule has 0 spiro atoms. The van der Waals surface area contributed by atoms with E-state index < -0.39 is 0 Å². The first-order valence-electron chi connectivity index (χ1n) is 6.96. The number of aryl methyl sites for hydroxylation is 1. The molecule has 0 aliphatic carbocycles. The van der Waals surface area contributed by atoms with Crippen LogP contribution in [0.1, 0.15) is 11.1 Å². The molecule has 1 atom stereocenters. The topological polar surface area (TPSA) is 36.5 Å². The third kappa shape index (κ3) is 3.93. The van der Waals surface area contributed by atoms with Crippen LogP contribution in [0.3, 0.4) is 0 Å². The largest absolute Gasteiger partial charge is 0.496 e. The zero-order chi connectivity index (χ0) is 13.7. The molecule has 19 heavy (non-hydrogen) atoms. The predicted octanol–water partition coefficient (Wildman–Crippen LogP) is 0.997. The van der Waals surface area contributed by atoms with Gasteiger partial charge in [-0.25, -0.2) is 0 Å². The highest BCUT2D eigenvalue weighted by molar-refractivity contribution is 5.36. The number of benzene rings is 1. The molecule has 1 heterocycles. The molecule has 1 aromatic rings. The molecule has 0 amide bonds. The summed E-state index contributed by atoms with van der Waals surface area (Å²) in [4.78, 5) is 2.41. The molecular formula is C15H25N3O. The fraction of sp³-hybridized carbons (Fsp3) is 0.600. The molecule has 2 rings (SSSR count). The van der Waals surface area contributed by atoms with E-state index in [-0.39, 0.29) is 0 Å². The van der Waals surface area contributed by atoms with E-state index in [9.17, 15) is 0 Å². The van der Waals surface area contributed by atoms with Crippen molar-refractivity contribution in [2.45, 2.75) is 19.5 Å². The second-order valence-corrected chi connectivity index (χ2v) is 5.28. The minimum atomic E-state index is 0.574. The summed E-state index contributed by atoms with van der Waals surface area (Å²) < 4.78 is 5.40. The van der Waals surface area contributed by atoms with Crippen LogP contribution >= 0.6 is 0 Å². The van der Waals surface area contributed by atoms with E-state index in [1.54, 1.807) is 7.11 Å². The number of rotatable bonds is 5. The van der Waals surface area contributed by atoms with Gasteiger partial charge in [0.2, 0.25) is 0 Å². The smallest absolute Gasteiger partial charge is 0.123 e. The Morgan fingerprint density at radius 1 is 1.47 bits per heavy atom. The lowest BCUT2D eigenvalue weighted by Gasteiger charge is -2.33. The van der Waals surface area contributed by atoms with Crippen LogP contribution < -0.4 is 15.4 Å². The first-order valence-corrected chi connectivity index (χ1v) is 6.96. The second kappa shape index (κ2) is 6.89. The molecular weight excluding hydrogens is 238 g/mol. The number of methoxy groups -OCH3 is 1. The standard InChI is InChI=1S/C15H25N3O/c1-12-4-5-15(19-3)13(8-12)9-17-11-14-10-16-6-7-18(14)2/h4-5,8,14,16-17H,6-7,9-11H2,1-3H3. The molecule has 1 saturated heterocycles. The highest BCUT2D eigenvalue weighted by Crippen LogP contribution is 2.19. The van der Waals surface area contributed by atoms with E-state index in [2.05, 4.69) is 41.6 Å². The Labute approximate surface area is 116 Å². The van der Waals surface area contributed by atoms with E-state index in [4.69, 9.17) is 4.74 Å². The summed E-state index contributed by atoms with van der Waals surface area (Å²) >= 11 is 0. The van der Waals surface area contributed by atoms with Gasteiger partial charge in [0.1, 0.15) is 5.75 Å². The van der Waals surface area contributed by atoms with Gasteiger partial charge in [-0.05, 0) is 20.0 Å². The first-order chi connectivity index (χ1) is 9.20. The van der Waals surface area contributed by atoms with Crippen molar-refractivity contribution in [2.75, 3.05) is 40.3 Å². The van der Waals surface area contributed by atoms with Gasteiger partial charge in [-0.2, -0.15) is 0 Å². The normalized spacial score (nSPS) is 20.5. The molecule has 106 valence electrons. The fourth-order valence-electron chi connectivity index (χ4n) is 2.51. The van der Waals surface area contributed by atoms with Crippen LogP contribution in [-0.2, 0) is 6.54 Å². The highest BCUT2D eigenvalue weighted by Gasteiger charge is 2.17. The number of hydrogen-bond acceptors (Lipinski definition) is 4. The van der Waals surface area contributed by atoms with E-state index in [1.165, 1.54) is 11.1 Å². The molecule has 1 aliphatic heterocycles. The van der Waals surface area contributed by atoms with E-state index in [0.717, 1.165) is 38.5 Å². The predicted molar refractivity (Wildman–Crippen MR) is 78.7 cm³/mol. The average Bonchev–Trinajstić information content (AvgIpc) is 2.41. The number of ether oxygens (including phenoxy) is 1. The van der Waals surface area contributed by atoms with Crippen LogP contribution in [0.5, 0.6) is 5.75 Å². The Morgan fingerprint density at radius 2 is 2.32 bits per heavy atom. The lowest BCUT2D eigenvalue weighted by Crippen LogP contribution is -2.53. The van der Waals surface area contributed by atoms with Crippen LogP contribution in [0.25, 0.3) is 0 Å². The first kappa shape index (κ1) is 14.3. The van der Waals surface area contributed by atoms with E-state index >= 15 is 0 Å². The maximum absolute atomic E-state index is 5.40. The summed E-state index contributed by atoms with van der Waals surface area (Å²) in [5.41, 5.74) is 2.50. The lowest BCUT2D eigenvalue weighted by molar-refractivity contribution is 0.195. The van der Waals surface area contributed by atoms with Crippen LogP contribution in [0.2, 0.25) is 0 Å². The fourth-order valence-corrected chi connectivity index (χ4v) is 2.51. The third-order valence-electron chi connectivity index (χ3n) is 3.78. The Balaban J connectivity index is 1.86. The van der Waals surface area contributed by atoms with Crippen molar-refractivity contribution in [1.82, 2.24) is 15.5 Å². The molecule has 1 unspecified atom stereocenters. The lowest BCUT2D eigenvalue weighted by atomic mass is 10.1. The van der Waals surface area contributed by atoms with Crippen LogP contribution in [0.15, 0.2) is 18.2 Å². The van der Waals surface area contributed by atoms with Gasteiger partial charge in [-0.1, -0.05) is 17.7 Å². The maximum Gasteiger partial charge on any atom is 0.123 e. The summed E-state index contributed by atoms with van der Waals surface area (Å²) in [6.45, 7) is 7.25. The number of piperazine rings is 1. The van der Waals surface area contributed by atoms with Crippen molar-refractivity contribution in [2.24, 2.45) is 0 Å².